The highest BCUT2D eigenvalue weighted by molar-refractivity contribution is 5.81. The van der Waals surface area contributed by atoms with Crippen LogP contribution in [-0.2, 0) is 0 Å². The van der Waals surface area contributed by atoms with Gasteiger partial charge in [0.05, 0.1) is 14.2 Å². The van der Waals surface area contributed by atoms with Gasteiger partial charge in [0.25, 0.3) is 0 Å². The molecule has 0 spiro atoms. The molecule has 0 saturated carbocycles. The first-order valence-corrected chi connectivity index (χ1v) is 10.5. The number of rotatable bonds is 6. The summed E-state index contributed by atoms with van der Waals surface area (Å²) in [5.74, 6) is 2.39. The summed E-state index contributed by atoms with van der Waals surface area (Å²) in [4.78, 5) is 9.45. The van der Waals surface area contributed by atoms with Crippen LogP contribution in [0.25, 0.3) is 17.0 Å². The number of phenolic OH excluding ortho intramolecular Hbond substituents is 1. The molecule has 0 aliphatic carbocycles. The molecule has 7 nitrogen and oxygen atoms in total. The number of aromatic hydroxyl groups is 1. The van der Waals surface area contributed by atoms with Crippen molar-refractivity contribution in [2.24, 2.45) is 0 Å². The fourth-order valence-corrected chi connectivity index (χ4v) is 3.81. The summed E-state index contributed by atoms with van der Waals surface area (Å²) in [6.07, 6.45) is 0. The van der Waals surface area contributed by atoms with Gasteiger partial charge >= 0.3 is 0 Å². The first-order chi connectivity index (χ1) is 15.3. The van der Waals surface area contributed by atoms with Crippen LogP contribution < -0.4 is 14.8 Å². The van der Waals surface area contributed by atoms with E-state index >= 15 is 0 Å². The van der Waals surface area contributed by atoms with Gasteiger partial charge in [-0.15, -0.1) is 0 Å². The lowest BCUT2D eigenvalue weighted by atomic mass is 10.0. The molecule has 0 aliphatic rings. The Morgan fingerprint density at radius 2 is 1.56 bits per heavy atom. The van der Waals surface area contributed by atoms with E-state index < -0.39 is 0 Å². The largest absolute Gasteiger partial charge is 0.502 e. The molecule has 7 heteroatoms. The van der Waals surface area contributed by atoms with Crippen molar-refractivity contribution >= 4 is 17.3 Å². The first kappa shape index (κ1) is 21.5. The number of nitrogens with one attached hydrogen (secondary N) is 1. The van der Waals surface area contributed by atoms with Gasteiger partial charge in [-0.05, 0) is 55.7 Å². The number of nitrogens with zero attached hydrogens (tertiary/aromatic N) is 3. The molecule has 0 radical (unpaired) electrons. The van der Waals surface area contributed by atoms with Gasteiger partial charge in [0, 0.05) is 22.6 Å². The third kappa shape index (κ3) is 3.82. The molecular weight excluding hydrogens is 404 g/mol. The molecule has 0 unspecified atom stereocenters. The van der Waals surface area contributed by atoms with E-state index in [-0.39, 0.29) is 5.75 Å². The summed E-state index contributed by atoms with van der Waals surface area (Å²) in [6, 6.07) is 13.9. The number of aromatic nitrogens is 3. The number of anilines is 2. The molecule has 0 fully saturated rings. The Morgan fingerprint density at radius 3 is 2.12 bits per heavy atom. The molecule has 0 atom stereocenters. The van der Waals surface area contributed by atoms with Gasteiger partial charge in [0.2, 0.25) is 11.5 Å². The van der Waals surface area contributed by atoms with E-state index in [0.717, 1.165) is 28.5 Å². The van der Waals surface area contributed by atoms with Gasteiger partial charge in [0.15, 0.2) is 11.5 Å². The molecule has 0 bridgehead atoms. The second kappa shape index (κ2) is 8.42. The van der Waals surface area contributed by atoms with E-state index in [0.29, 0.717) is 28.9 Å². The van der Waals surface area contributed by atoms with Crippen LogP contribution in [0.5, 0.6) is 17.2 Å². The van der Waals surface area contributed by atoms with Gasteiger partial charge in [-0.25, -0.2) is 9.97 Å². The van der Waals surface area contributed by atoms with Crippen LogP contribution in [0.4, 0.5) is 11.5 Å². The maximum Gasteiger partial charge on any atom is 0.236 e. The highest BCUT2D eigenvalue weighted by Gasteiger charge is 2.21. The summed E-state index contributed by atoms with van der Waals surface area (Å²) in [5, 5.41) is 13.9. The number of imidazole rings is 1. The molecule has 4 aromatic rings. The zero-order valence-corrected chi connectivity index (χ0v) is 19.2. The molecular formula is C25H28N4O3. The predicted octanol–water partition coefficient (Wildman–Crippen LogP) is 5.60. The Balaban J connectivity index is 1.92. The van der Waals surface area contributed by atoms with Crippen molar-refractivity contribution in [1.29, 1.82) is 0 Å². The van der Waals surface area contributed by atoms with Gasteiger partial charge in [-0.3, -0.25) is 4.40 Å². The third-order valence-corrected chi connectivity index (χ3v) is 5.50. The summed E-state index contributed by atoms with van der Waals surface area (Å²) < 4.78 is 12.7. The van der Waals surface area contributed by atoms with Crippen LogP contribution in [0.1, 0.15) is 36.7 Å². The fraction of sp³-hybridized carbons (Fsp3) is 0.280. The minimum absolute atomic E-state index is 0.0496. The number of benzene rings is 2. The lowest BCUT2D eigenvalue weighted by Crippen LogP contribution is -2.02. The summed E-state index contributed by atoms with van der Waals surface area (Å²) >= 11 is 0. The molecule has 2 aromatic carbocycles. The number of methoxy groups -OCH3 is 2. The summed E-state index contributed by atoms with van der Waals surface area (Å²) in [7, 11) is 3.01. The third-order valence-electron chi connectivity index (χ3n) is 5.50. The molecule has 4 rings (SSSR count). The average Bonchev–Trinajstić information content (AvgIpc) is 3.12. The number of ether oxygens (including phenoxy) is 2. The second-order valence-corrected chi connectivity index (χ2v) is 8.11. The minimum atomic E-state index is -0.0496. The SMILES string of the molecule is COc1cc(-c2nc3nc(C)cc(C)n3c2Nc2ccc(C(C)C)cc2)cc(OC)c1O. The van der Waals surface area contributed by atoms with E-state index in [1.165, 1.54) is 19.8 Å². The molecule has 166 valence electrons. The van der Waals surface area contributed by atoms with Gasteiger partial charge in [-0.2, -0.15) is 0 Å². The fourth-order valence-electron chi connectivity index (χ4n) is 3.81. The second-order valence-electron chi connectivity index (χ2n) is 8.11. The average molecular weight is 433 g/mol. The smallest absolute Gasteiger partial charge is 0.236 e. The number of aryl methyl sites for hydroxylation is 2. The van der Waals surface area contributed by atoms with Crippen molar-refractivity contribution in [3.63, 3.8) is 0 Å². The number of hydrogen-bond acceptors (Lipinski definition) is 6. The molecule has 2 heterocycles. The Labute approximate surface area is 187 Å². The summed E-state index contributed by atoms with van der Waals surface area (Å²) in [6.45, 7) is 8.33. The topological polar surface area (TPSA) is 80.9 Å². The van der Waals surface area contributed by atoms with Crippen LogP contribution in [0.2, 0.25) is 0 Å². The van der Waals surface area contributed by atoms with Crippen molar-refractivity contribution in [3.05, 3.63) is 59.4 Å². The summed E-state index contributed by atoms with van der Waals surface area (Å²) in [5.41, 5.74) is 5.52. The number of phenols is 1. The van der Waals surface area contributed by atoms with Gasteiger partial charge in [0.1, 0.15) is 11.5 Å². The van der Waals surface area contributed by atoms with Crippen molar-refractivity contribution < 1.29 is 14.6 Å². The Kier molecular flexibility index (Phi) is 5.65. The standard InChI is InChI=1S/C25H28N4O3/c1-14(2)17-7-9-19(10-8-17)27-24-22(28-25-26-15(3)11-16(4)29(24)25)18-12-20(31-5)23(30)21(13-18)32-6/h7-14,27,30H,1-6H3. The van der Waals surface area contributed by atoms with Crippen LogP contribution in [0.3, 0.4) is 0 Å². The molecule has 2 aromatic heterocycles. The van der Waals surface area contributed by atoms with Crippen molar-refractivity contribution in [2.45, 2.75) is 33.6 Å². The van der Waals surface area contributed by atoms with Crippen LogP contribution in [-0.4, -0.2) is 33.7 Å². The van der Waals surface area contributed by atoms with Gasteiger partial charge < -0.3 is 19.9 Å². The molecule has 0 aliphatic heterocycles. The maximum atomic E-state index is 10.4. The van der Waals surface area contributed by atoms with Crippen molar-refractivity contribution in [2.75, 3.05) is 19.5 Å². The van der Waals surface area contributed by atoms with Crippen LogP contribution >= 0.6 is 0 Å². The molecule has 0 saturated heterocycles. The Hall–Kier alpha value is -3.74. The van der Waals surface area contributed by atoms with Crippen LogP contribution in [0, 0.1) is 13.8 Å². The molecule has 32 heavy (non-hydrogen) atoms. The van der Waals surface area contributed by atoms with E-state index in [9.17, 15) is 5.11 Å². The minimum Gasteiger partial charge on any atom is -0.502 e. The van der Waals surface area contributed by atoms with Crippen molar-refractivity contribution in [3.8, 4) is 28.5 Å². The zero-order chi connectivity index (χ0) is 23.0. The quantitative estimate of drug-likeness (QED) is 0.413. The van der Waals surface area contributed by atoms with E-state index in [4.69, 9.17) is 14.5 Å². The predicted molar refractivity (Wildman–Crippen MR) is 126 cm³/mol. The highest BCUT2D eigenvalue weighted by Crippen LogP contribution is 2.42. The lowest BCUT2D eigenvalue weighted by Gasteiger charge is -2.14. The maximum absolute atomic E-state index is 10.4. The van der Waals surface area contributed by atoms with E-state index in [2.05, 4.69) is 48.4 Å². The Bertz CT molecular complexity index is 1250. The monoisotopic (exact) mass is 432 g/mol. The van der Waals surface area contributed by atoms with Crippen molar-refractivity contribution in [1.82, 2.24) is 14.4 Å². The Morgan fingerprint density at radius 1 is 0.938 bits per heavy atom. The van der Waals surface area contributed by atoms with E-state index in [1.807, 2.05) is 24.3 Å². The molecule has 0 amide bonds. The zero-order valence-electron chi connectivity index (χ0n) is 19.2. The number of hydrogen-bond donors (Lipinski definition) is 2. The van der Waals surface area contributed by atoms with Gasteiger partial charge in [-0.1, -0.05) is 26.0 Å². The van der Waals surface area contributed by atoms with Crippen LogP contribution in [0.15, 0.2) is 42.5 Å². The highest BCUT2D eigenvalue weighted by atomic mass is 16.5. The lowest BCUT2D eigenvalue weighted by molar-refractivity contribution is 0.340. The normalized spacial score (nSPS) is 11.2. The first-order valence-electron chi connectivity index (χ1n) is 10.5. The molecule has 2 N–H and O–H groups in total. The van der Waals surface area contributed by atoms with E-state index in [1.54, 1.807) is 12.1 Å². The number of fused-ring (bicyclic) bond motifs is 1.